The summed E-state index contributed by atoms with van der Waals surface area (Å²) in [4.78, 5) is 28.4. The lowest BCUT2D eigenvalue weighted by molar-refractivity contribution is -0.136. The van der Waals surface area contributed by atoms with Crippen molar-refractivity contribution < 1.29 is 19.4 Å². The van der Waals surface area contributed by atoms with Gasteiger partial charge in [-0.05, 0) is 90.2 Å². The lowest BCUT2D eigenvalue weighted by atomic mass is 9.47. The Kier molecular flexibility index (Phi) is 7.18. The first-order valence-electron chi connectivity index (χ1n) is 14.0. The van der Waals surface area contributed by atoms with Gasteiger partial charge in [-0.3, -0.25) is 9.59 Å². The minimum Gasteiger partial charge on any atom is -0.384 e. The highest BCUT2D eigenvalue weighted by atomic mass is 16.5. The molecular weight excluding hydrogens is 474 g/mol. The fourth-order valence-electron chi connectivity index (χ4n) is 8.46. The second kappa shape index (κ2) is 10.1. The number of nitrogens with zero attached hydrogens (tertiary/aromatic N) is 1. The molecule has 4 aliphatic carbocycles. The summed E-state index contributed by atoms with van der Waals surface area (Å²) in [5, 5.41) is 9.65. The van der Waals surface area contributed by atoms with E-state index in [1.807, 2.05) is 6.08 Å². The molecule has 2 fully saturated rings. The highest BCUT2D eigenvalue weighted by Gasteiger charge is 2.65. The number of aliphatic hydroxyl groups excluding tert-OH is 1. The number of aliphatic hydroxyl groups is 1. The van der Waals surface area contributed by atoms with Crippen molar-refractivity contribution in [2.75, 3.05) is 39.3 Å². The van der Waals surface area contributed by atoms with E-state index in [0.717, 1.165) is 31.4 Å². The molecule has 2 saturated carbocycles. The number of methoxy groups -OCH3 is 1. The fraction of sp³-hybridized carbons (Fsp3) is 0.576. The zero-order chi connectivity index (χ0) is 27.2. The van der Waals surface area contributed by atoms with Crippen LogP contribution in [0.5, 0.6) is 0 Å². The molecule has 6 atom stereocenters. The van der Waals surface area contributed by atoms with Gasteiger partial charge in [-0.15, -0.1) is 0 Å². The second-order valence-electron chi connectivity index (χ2n) is 12.3. The molecule has 1 N–H and O–H groups in total. The van der Waals surface area contributed by atoms with Gasteiger partial charge in [0.15, 0.2) is 11.6 Å². The molecule has 0 saturated heterocycles. The Labute approximate surface area is 227 Å². The van der Waals surface area contributed by atoms with Crippen molar-refractivity contribution in [3.05, 3.63) is 52.6 Å². The Balaban J connectivity index is 1.71. The largest absolute Gasteiger partial charge is 0.384 e. The van der Waals surface area contributed by atoms with Crippen LogP contribution in [0.4, 0.5) is 5.69 Å². The third kappa shape index (κ3) is 4.08. The zero-order valence-electron chi connectivity index (χ0n) is 23.5. The highest BCUT2D eigenvalue weighted by molar-refractivity contribution is 5.93. The van der Waals surface area contributed by atoms with E-state index in [0.29, 0.717) is 30.6 Å². The first kappa shape index (κ1) is 26.9. The van der Waals surface area contributed by atoms with Gasteiger partial charge >= 0.3 is 0 Å². The monoisotopic (exact) mass is 515 g/mol. The molecule has 1 aromatic rings. The minimum absolute atomic E-state index is 0.0363. The molecule has 1 aromatic carbocycles. The van der Waals surface area contributed by atoms with Gasteiger partial charge < -0.3 is 14.7 Å². The van der Waals surface area contributed by atoms with Crippen LogP contribution in [0.3, 0.4) is 0 Å². The van der Waals surface area contributed by atoms with Crippen LogP contribution >= 0.6 is 0 Å². The number of benzene rings is 1. The summed E-state index contributed by atoms with van der Waals surface area (Å²) < 4.78 is 5.36. The van der Waals surface area contributed by atoms with Crippen molar-refractivity contribution in [2.45, 2.75) is 58.3 Å². The van der Waals surface area contributed by atoms with Gasteiger partial charge in [0.2, 0.25) is 0 Å². The highest BCUT2D eigenvalue weighted by Crippen LogP contribution is 2.70. The van der Waals surface area contributed by atoms with Crippen molar-refractivity contribution in [2.24, 2.45) is 28.6 Å². The first-order valence-corrected chi connectivity index (χ1v) is 14.0. The third-order valence-electron chi connectivity index (χ3n) is 10.2. The summed E-state index contributed by atoms with van der Waals surface area (Å²) in [6.45, 7) is 4.33. The molecule has 0 aromatic heterocycles. The molecule has 0 heterocycles. The smallest absolute Gasteiger partial charge is 0.176 e. The van der Waals surface area contributed by atoms with Crippen LogP contribution in [-0.4, -0.2) is 51.1 Å². The molecule has 5 heteroatoms. The number of ether oxygens (including phenoxy) is 1. The predicted molar refractivity (Wildman–Crippen MR) is 150 cm³/mol. The molecule has 0 amide bonds. The number of fused-ring (bicyclic) bond motifs is 4. The van der Waals surface area contributed by atoms with E-state index in [9.17, 15) is 14.7 Å². The van der Waals surface area contributed by atoms with Crippen LogP contribution in [0.2, 0.25) is 0 Å². The van der Waals surface area contributed by atoms with Crippen LogP contribution in [0.25, 0.3) is 0 Å². The summed E-state index contributed by atoms with van der Waals surface area (Å²) in [6.07, 6.45) is 6.75. The van der Waals surface area contributed by atoms with Crippen LogP contribution in [0.15, 0.2) is 47.1 Å². The molecule has 5 nitrogen and oxygen atoms in total. The standard InChI is InChI=1S/C33H41NO4/c1-21-17-27-29-13-15-33(14-6-16-35,30(37)20-38-5)32(29,2)19-28(22-7-9-23(10-8-22)34(3)4)31(27)25-12-11-24(36)18-26(21)25/h7-10,18,21,27-29,35H,11-13,15-17,19-20H2,1-5H3/t21?,27-,28+,29-,32-,33-/m0/s1. The molecule has 0 bridgehead atoms. The molecule has 202 valence electrons. The van der Waals surface area contributed by atoms with Gasteiger partial charge in [0.05, 0.1) is 5.41 Å². The average Bonchev–Trinajstić information content (AvgIpc) is 3.20. The van der Waals surface area contributed by atoms with Crippen LogP contribution in [-0.2, 0) is 14.3 Å². The van der Waals surface area contributed by atoms with Crippen LogP contribution in [0.1, 0.15) is 63.9 Å². The van der Waals surface area contributed by atoms with Gasteiger partial charge in [-0.1, -0.05) is 43.4 Å². The number of ketones is 2. The van der Waals surface area contributed by atoms with Gasteiger partial charge in [-0.2, -0.15) is 0 Å². The van der Waals surface area contributed by atoms with Crippen molar-refractivity contribution in [3.8, 4) is 11.8 Å². The maximum absolute atomic E-state index is 13.8. The molecular formula is C33H41NO4. The van der Waals surface area contributed by atoms with Crippen LogP contribution in [0, 0.1) is 40.4 Å². The molecule has 5 rings (SSSR count). The van der Waals surface area contributed by atoms with Crippen LogP contribution < -0.4 is 4.90 Å². The summed E-state index contributed by atoms with van der Waals surface area (Å²) in [5.41, 5.74) is 5.38. The van der Waals surface area contributed by atoms with E-state index in [2.05, 4.69) is 68.9 Å². The Morgan fingerprint density at radius 2 is 1.95 bits per heavy atom. The summed E-state index contributed by atoms with van der Waals surface area (Å²) in [5.74, 6) is 7.63. The average molecular weight is 516 g/mol. The SMILES string of the molecule is COCC(=O)[C@]1(C#CCO)CC[C@H]2[C@@H]3CC(C)C4=CC(=O)CCC4=C3[C@@H](c3ccc(N(C)C)cc3)C[C@@]21C. The number of Topliss-reactive ketones (excluding diaryl/α,β-unsaturated/α-hetero) is 1. The number of hydrogen-bond acceptors (Lipinski definition) is 5. The Morgan fingerprint density at radius 1 is 1.21 bits per heavy atom. The normalized spacial score (nSPS) is 33.9. The number of carbonyl (C=O) groups excluding carboxylic acids is 2. The van der Waals surface area contributed by atoms with E-state index in [1.165, 1.54) is 22.3 Å². The maximum Gasteiger partial charge on any atom is 0.176 e. The number of hydrogen-bond donors (Lipinski definition) is 1. The lowest BCUT2D eigenvalue weighted by Crippen LogP contribution is -2.52. The van der Waals surface area contributed by atoms with E-state index in [1.54, 1.807) is 7.11 Å². The van der Waals surface area contributed by atoms with E-state index < -0.39 is 5.41 Å². The van der Waals surface area contributed by atoms with Gasteiger partial charge in [0.1, 0.15) is 13.2 Å². The third-order valence-corrected chi connectivity index (χ3v) is 10.2. The van der Waals surface area contributed by atoms with Crippen molar-refractivity contribution >= 4 is 17.3 Å². The fourth-order valence-corrected chi connectivity index (χ4v) is 8.46. The number of allylic oxidation sites excluding steroid dienone is 4. The van der Waals surface area contributed by atoms with Gasteiger partial charge in [-0.25, -0.2) is 0 Å². The second-order valence-corrected chi connectivity index (χ2v) is 12.3. The van der Waals surface area contributed by atoms with Crippen molar-refractivity contribution in [3.63, 3.8) is 0 Å². The van der Waals surface area contributed by atoms with Crippen molar-refractivity contribution in [1.82, 2.24) is 0 Å². The van der Waals surface area contributed by atoms with Gasteiger partial charge in [0, 0.05) is 39.2 Å². The molecule has 0 aliphatic heterocycles. The maximum atomic E-state index is 13.8. The Morgan fingerprint density at radius 3 is 2.61 bits per heavy atom. The molecule has 0 spiro atoms. The number of anilines is 1. The predicted octanol–water partition coefficient (Wildman–Crippen LogP) is 5.10. The van der Waals surface area contributed by atoms with E-state index >= 15 is 0 Å². The summed E-state index contributed by atoms with van der Waals surface area (Å²) in [7, 11) is 5.67. The quantitative estimate of drug-likeness (QED) is 0.553. The van der Waals surface area contributed by atoms with E-state index in [-0.39, 0.29) is 36.1 Å². The van der Waals surface area contributed by atoms with Crippen molar-refractivity contribution in [1.29, 1.82) is 0 Å². The molecule has 38 heavy (non-hydrogen) atoms. The van der Waals surface area contributed by atoms with E-state index in [4.69, 9.17) is 4.74 Å². The molecule has 4 aliphatic rings. The number of carbonyl (C=O) groups is 2. The first-order chi connectivity index (χ1) is 18.2. The zero-order valence-corrected chi connectivity index (χ0v) is 23.5. The van der Waals surface area contributed by atoms with Gasteiger partial charge in [0.25, 0.3) is 0 Å². The Bertz CT molecular complexity index is 1250. The summed E-state index contributed by atoms with van der Waals surface area (Å²) in [6, 6.07) is 8.85. The Hall–Kier alpha value is -2.68. The lowest BCUT2D eigenvalue weighted by Gasteiger charge is -2.55. The number of rotatable bonds is 5. The summed E-state index contributed by atoms with van der Waals surface area (Å²) >= 11 is 0. The molecule has 1 unspecified atom stereocenters. The topological polar surface area (TPSA) is 66.8 Å². The molecule has 0 radical (unpaired) electrons. The minimum atomic E-state index is -0.837.